The van der Waals surface area contributed by atoms with Crippen LogP contribution in [0.3, 0.4) is 0 Å². The van der Waals surface area contributed by atoms with Crippen molar-refractivity contribution in [3.8, 4) is 5.75 Å². The lowest BCUT2D eigenvalue weighted by Gasteiger charge is -2.15. The number of ether oxygens (including phenoxy) is 1. The molecule has 0 heterocycles. The van der Waals surface area contributed by atoms with Crippen molar-refractivity contribution < 1.29 is 13.5 Å². The first-order valence-corrected chi connectivity index (χ1v) is 7.16. The molecule has 5 heteroatoms. The fourth-order valence-corrected chi connectivity index (χ4v) is 2.77. The predicted octanol–water partition coefficient (Wildman–Crippen LogP) is 5.22. The normalized spacial score (nSPS) is 12.3. The van der Waals surface area contributed by atoms with E-state index in [0.717, 1.165) is 11.1 Å². The van der Waals surface area contributed by atoms with Crippen molar-refractivity contribution in [2.75, 3.05) is 7.11 Å². The predicted molar refractivity (Wildman–Crippen MR) is 77.8 cm³/mol. The molecule has 2 aromatic carbocycles. The maximum Gasteiger partial charge on any atom is 0.141 e. The molecule has 0 aromatic heterocycles. The smallest absolute Gasteiger partial charge is 0.141 e. The molecule has 0 radical (unpaired) electrons. The SMILES string of the molecule is COc1cc(F)c(Br)cc1C(Br)c1cccc(F)c1. The summed E-state index contributed by atoms with van der Waals surface area (Å²) >= 11 is 6.63. The lowest BCUT2D eigenvalue weighted by molar-refractivity contribution is 0.406. The van der Waals surface area contributed by atoms with E-state index >= 15 is 0 Å². The Bertz CT molecular complexity index is 602. The molecule has 0 spiro atoms. The highest BCUT2D eigenvalue weighted by molar-refractivity contribution is 9.10. The van der Waals surface area contributed by atoms with Gasteiger partial charge in [-0.25, -0.2) is 8.78 Å². The van der Waals surface area contributed by atoms with E-state index in [0.29, 0.717) is 10.2 Å². The standard InChI is InChI=1S/C14H10Br2F2O/c1-19-13-7-12(18)11(15)6-10(13)14(16)8-3-2-4-9(17)5-8/h2-7,14H,1H3. The topological polar surface area (TPSA) is 9.23 Å². The molecule has 0 aliphatic carbocycles. The summed E-state index contributed by atoms with van der Waals surface area (Å²) in [6.07, 6.45) is 0. The third-order valence-electron chi connectivity index (χ3n) is 2.69. The summed E-state index contributed by atoms with van der Waals surface area (Å²) in [4.78, 5) is -0.282. The molecule has 1 nitrogen and oxygen atoms in total. The van der Waals surface area contributed by atoms with Gasteiger partial charge >= 0.3 is 0 Å². The molecular weight excluding hydrogens is 382 g/mol. The van der Waals surface area contributed by atoms with E-state index in [4.69, 9.17) is 4.74 Å². The molecule has 1 atom stereocenters. The first kappa shape index (κ1) is 14.5. The summed E-state index contributed by atoms with van der Waals surface area (Å²) in [5, 5.41) is 0. The minimum Gasteiger partial charge on any atom is -0.496 e. The van der Waals surface area contributed by atoms with E-state index in [2.05, 4.69) is 31.9 Å². The van der Waals surface area contributed by atoms with Gasteiger partial charge in [-0.3, -0.25) is 0 Å². The number of halogens is 4. The highest BCUT2D eigenvalue weighted by Crippen LogP contribution is 2.39. The molecule has 100 valence electrons. The van der Waals surface area contributed by atoms with Crippen LogP contribution in [0.2, 0.25) is 0 Å². The summed E-state index contributed by atoms with van der Waals surface area (Å²) in [7, 11) is 1.47. The first-order chi connectivity index (χ1) is 9.02. The zero-order valence-electron chi connectivity index (χ0n) is 9.96. The lowest BCUT2D eigenvalue weighted by atomic mass is 10.0. The number of rotatable bonds is 3. The van der Waals surface area contributed by atoms with Crippen molar-refractivity contribution in [2.24, 2.45) is 0 Å². The molecule has 0 amide bonds. The molecule has 0 aliphatic heterocycles. The average Bonchev–Trinajstić information content (AvgIpc) is 2.40. The van der Waals surface area contributed by atoms with Gasteiger partial charge in [0.15, 0.2) is 0 Å². The van der Waals surface area contributed by atoms with E-state index in [1.54, 1.807) is 18.2 Å². The van der Waals surface area contributed by atoms with E-state index in [9.17, 15) is 8.78 Å². The second kappa shape index (κ2) is 6.01. The van der Waals surface area contributed by atoms with Gasteiger partial charge in [-0.05, 0) is 39.7 Å². The number of alkyl halides is 1. The summed E-state index contributed by atoms with van der Waals surface area (Å²) in [6, 6.07) is 9.14. The molecule has 2 rings (SSSR count). The van der Waals surface area contributed by atoms with Crippen molar-refractivity contribution in [3.05, 3.63) is 63.6 Å². The van der Waals surface area contributed by atoms with E-state index in [-0.39, 0.29) is 10.6 Å². The fourth-order valence-electron chi connectivity index (χ4n) is 1.76. The van der Waals surface area contributed by atoms with E-state index in [1.165, 1.54) is 25.3 Å². The van der Waals surface area contributed by atoms with Crippen molar-refractivity contribution in [2.45, 2.75) is 4.83 Å². The van der Waals surface area contributed by atoms with Gasteiger partial charge in [-0.15, -0.1) is 0 Å². The monoisotopic (exact) mass is 390 g/mol. The van der Waals surface area contributed by atoms with Crippen LogP contribution in [-0.4, -0.2) is 7.11 Å². The Labute approximate surface area is 126 Å². The molecule has 0 saturated carbocycles. The van der Waals surface area contributed by atoms with Gasteiger partial charge in [0, 0.05) is 11.6 Å². The molecule has 19 heavy (non-hydrogen) atoms. The number of methoxy groups -OCH3 is 1. The molecular formula is C14H10Br2F2O. The third-order valence-corrected chi connectivity index (χ3v) is 4.32. The zero-order chi connectivity index (χ0) is 14.0. The molecule has 1 unspecified atom stereocenters. The van der Waals surface area contributed by atoms with Crippen LogP contribution in [0.25, 0.3) is 0 Å². The van der Waals surface area contributed by atoms with Gasteiger partial charge in [-0.2, -0.15) is 0 Å². The number of benzene rings is 2. The Morgan fingerprint density at radius 1 is 1.16 bits per heavy atom. The van der Waals surface area contributed by atoms with Gasteiger partial charge < -0.3 is 4.74 Å². The summed E-state index contributed by atoms with van der Waals surface area (Å²) in [6.45, 7) is 0. The van der Waals surface area contributed by atoms with Gasteiger partial charge in [0.25, 0.3) is 0 Å². The zero-order valence-corrected chi connectivity index (χ0v) is 13.1. The Morgan fingerprint density at radius 3 is 2.53 bits per heavy atom. The largest absolute Gasteiger partial charge is 0.496 e. The Hall–Kier alpha value is -0.940. The van der Waals surface area contributed by atoms with Gasteiger partial charge in [0.05, 0.1) is 16.4 Å². The average molecular weight is 392 g/mol. The summed E-state index contributed by atoms with van der Waals surface area (Å²) in [5.74, 6) is -0.312. The summed E-state index contributed by atoms with van der Waals surface area (Å²) < 4.78 is 32.2. The molecule has 0 saturated heterocycles. The minimum absolute atomic E-state index is 0.282. The van der Waals surface area contributed by atoms with Gasteiger partial charge in [0.1, 0.15) is 17.4 Å². The minimum atomic E-state index is -0.403. The second-order valence-corrected chi connectivity index (χ2v) is 5.70. The molecule has 0 aliphatic rings. The highest BCUT2D eigenvalue weighted by atomic mass is 79.9. The van der Waals surface area contributed by atoms with Crippen molar-refractivity contribution in [1.82, 2.24) is 0 Å². The van der Waals surface area contributed by atoms with Crippen LogP contribution in [-0.2, 0) is 0 Å². The molecule has 0 N–H and O–H groups in total. The van der Waals surface area contributed by atoms with E-state index in [1.807, 2.05) is 0 Å². The molecule has 0 fully saturated rings. The lowest BCUT2D eigenvalue weighted by Crippen LogP contribution is -1.99. The van der Waals surface area contributed by atoms with Crippen LogP contribution in [0.4, 0.5) is 8.78 Å². The summed E-state index contributed by atoms with van der Waals surface area (Å²) in [5.41, 5.74) is 1.46. The van der Waals surface area contributed by atoms with Crippen molar-refractivity contribution >= 4 is 31.9 Å². The Kier molecular flexibility index (Phi) is 4.58. The van der Waals surface area contributed by atoms with Crippen LogP contribution in [0.5, 0.6) is 5.75 Å². The van der Waals surface area contributed by atoms with E-state index < -0.39 is 5.82 Å². The van der Waals surface area contributed by atoms with Gasteiger partial charge in [-0.1, -0.05) is 28.1 Å². The quantitative estimate of drug-likeness (QED) is 0.651. The van der Waals surface area contributed by atoms with Crippen LogP contribution in [0, 0.1) is 11.6 Å². The highest BCUT2D eigenvalue weighted by Gasteiger charge is 2.18. The Morgan fingerprint density at radius 2 is 1.89 bits per heavy atom. The van der Waals surface area contributed by atoms with Crippen molar-refractivity contribution in [3.63, 3.8) is 0 Å². The maximum atomic E-state index is 13.5. The van der Waals surface area contributed by atoms with Crippen LogP contribution in [0.1, 0.15) is 16.0 Å². The molecule has 0 bridgehead atoms. The number of hydrogen-bond acceptors (Lipinski definition) is 1. The van der Waals surface area contributed by atoms with Crippen LogP contribution < -0.4 is 4.74 Å². The van der Waals surface area contributed by atoms with Crippen LogP contribution >= 0.6 is 31.9 Å². The fraction of sp³-hybridized carbons (Fsp3) is 0.143. The molecule has 2 aromatic rings. The first-order valence-electron chi connectivity index (χ1n) is 5.45. The Balaban J connectivity index is 2.49. The number of hydrogen-bond donors (Lipinski definition) is 0. The van der Waals surface area contributed by atoms with Crippen LogP contribution in [0.15, 0.2) is 40.9 Å². The maximum absolute atomic E-state index is 13.5. The second-order valence-electron chi connectivity index (χ2n) is 3.93. The third kappa shape index (κ3) is 3.15. The van der Waals surface area contributed by atoms with Gasteiger partial charge in [0.2, 0.25) is 0 Å². The van der Waals surface area contributed by atoms with Crippen molar-refractivity contribution in [1.29, 1.82) is 0 Å².